The Hall–Kier alpha value is -4.42. The molecular weight excluding hydrogens is 480 g/mol. The molecular formula is C22H16N4O6S2. The normalized spacial score (nSPS) is 15.3. The Balaban J connectivity index is 0.000000191. The van der Waals surface area contributed by atoms with Gasteiger partial charge in [-0.15, -0.1) is 0 Å². The van der Waals surface area contributed by atoms with Crippen molar-refractivity contribution in [1.82, 2.24) is 21.3 Å². The van der Waals surface area contributed by atoms with E-state index in [9.17, 15) is 29.4 Å². The molecule has 0 bridgehead atoms. The fourth-order valence-electron chi connectivity index (χ4n) is 2.74. The summed E-state index contributed by atoms with van der Waals surface area (Å²) in [6.45, 7) is 0. The van der Waals surface area contributed by atoms with Crippen molar-refractivity contribution in [1.29, 1.82) is 0 Å². The van der Waals surface area contributed by atoms with Crippen LogP contribution in [0, 0.1) is 0 Å². The van der Waals surface area contributed by atoms with E-state index in [1.54, 1.807) is 36.4 Å². The fraction of sp³-hybridized carbons (Fsp3) is 0. The Kier molecular flexibility index (Phi) is 7.46. The monoisotopic (exact) mass is 496 g/mol. The van der Waals surface area contributed by atoms with Crippen molar-refractivity contribution < 1.29 is 29.4 Å². The summed E-state index contributed by atoms with van der Waals surface area (Å²) in [6.07, 6.45) is 2.61. The first-order chi connectivity index (χ1) is 16.2. The van der Waals surface area contributed by atoms with E-state index in [1.165, 1.54) is 24.3 Å². The van der Waals surface area contributed by atoms with Gasteiger partial charge in [0.05, 0.1) is 0 Å². The number of benzene rings is 2. The number of thiocarbonyl (C=S) groups is 2. The predicted octanol–water partition coefficient (Wildman–Crippen LogP) is 0.613. The van der Waals surface area contributed by atoms with Crippen LogP contribution in [0.5, 0.6) is 11.5 Å². The second kappa shape index (κ2) is 10.5. The standard InChI is InChI=1S/2C11H8N2O3S/c2*14-8-4-2-1-3-6(8)5-7-9(15)12-11(17)13-10(7)16/h2*1-5,14H,(H2,12,13,15,16,17). The highest BCUT2D eigenvalue weighted by Gasteiger charge is 2.26. The molecule has 2 aliphatic rings. The zero-order valence-corrected chi connectivity index (χ0v) is 18.8. The second-order valence-electron chi connectivity index (χ2n) is 6.71. The number of nitrogens with one attached hydrogen (secondary N) is 4. The van der Waals surface area contributed by atoms with Gasteiger partial charge >= 0.3 is 0 Å². The van der Waals surface area contributed by atoms with Gasteiger partial charge in [0.2, 0.25) is 0 Å². The van der Waals surface area contributed by atoms with Gasteiger partial charge in [-0.1, -0.05) is 36.4 Å². The number of rotatable bonds is 2. The van der Waals surface area contributed by atoms with E-state index in [0.717, 1.165) is 0 Å². The van der Waals surface area contributed by atoms with Crippen LogP contribution in [0.4, 0.5) is 0 Å². The number of carbonyl (C=O) groups excluding carboxylic acids is 4. The first-order valence-corrected chi connectivity index (χ1v) is 10.3. The lowest BCUT2D eigenvalue weighted by Gasteiger charge is -2.16. The lowest BCUT2D eigenvalue weighted by Crippen LogP contribution is -2.51. The van der Waals surface area contributed by atoms with Gasteiger partial charge < -0.3 is 10.2 Å². The number of amides is 4. The quantitative estimate of drug-likeness (QED) is 0.201. The van der Waals surface area contributed by atoms with Gasteiger partial charge in [0.15, 0.2) is 10.2 Å². The van der Waals surface area contributed by atoms with Gasteiger partial charge in [-0.2, -0.15) is 0 Å². The molecule has 2 saturated heterocycles. The number of para-hydroxylation sites is 2. The fourth-order valence-corrected chi connectivity index (χ4v) is 3.11. The van der Waals surface area contributed by atoms with Crippen molar-refractivity contribution in [3.8, 4) is 11.5 Å². The maximum atomic E-state index is 11.5. The molecule has 0 spiro atoms. The summed E-state index contributed by atoms with van der Waals surface area (Å²) < 4.78 is 0. The molecule has 0 aromatic heterocycles. The third-order valence-electron chi connectivity index (χ3n) is 4.36. The molecule has 2 heterocycles. The molecule has 4 amide bonds. The van der Waals surface area contributed by atoms with Crippen LogP contribution in [0.15, 0.2) is 59.7 Å². The number of carbonyl (C=O) groups is 4. The van der Waals surface area contributed by atoms with Crippen molar-refractivity contribution in [2.45, 2.75) is 0 Å². The molecule has 2 aromatic rings. The molecule has 2 aliphatic heterocycles. The van der Waals surface area contributed by atoms with Gasteiger partial charge in [-0.3, -0.25) is 40.4 Å². The number of aromatic hydroxyl groups is 2. The highest BCUT2D eigenvalue weighted by atomic mass is 32.1. The molecule has 2 fully saturated rings. The first-order valence-electron chi connectivity index (χ1n) is 9.48. The van der Waals surface area contributed by atoms with E-state index in [1.807, 2.05) is 0 Å². The summed E-state index contributed by atoms with van der Waals surface area (Å²) in [5, 5.41) is 28.3. The summed E-state index contributed by atoms with van der Waals surface area (Å²) in [4.78, 5) is 46.1. The molecule has 12 heteroatoms. The van der Waals surface area contributed by atoms with Crippen LogP contribution < -0.4 is 21.3 Å². The minimum absolute atomic E-state index is 0.00579. The highest BCUT2D eigenvalue weighted by Crippen LogP contribution is 2.20. The van der Waals surface area contributed by atoms with E-state index < -0.39 is 23.6 Å². The number of hydrogen-bond acceptors (Lipinski definition) is 8. The van der Waals surface area contributed by atoms with Gasteiger partial charge in [-0.05, 0) is 48.7 Å². The Labute approximate surface area is 203 Å². The molecule has 4 rings (SSSR count). The summed E-state index contributed by atoms with van der Waals surface area (Å²) >= 11 is 9.33. The topological polar surface area (TPSA) is 157 Å². The van der Waals surface area contributed by atoms with Crippen molar-refractivity contribution in [2.24, 2.45) is 0 Å². The van der Waals surface area contributed by atoms with Crippen molar-refractivity contribution >= 4 is 70.4 Å². The molecule has 0 aliphatic carbocycles. The smallest absolute Gasteiger partial charge is 0.263 e. The van der Waals surface area contributed by atoms with Gasteiger partial charge in [0.25, 0.3) is 23.6 Å². The van der Waals surface area contributed by atoms with Crippen LogP contribution in [0.3, 0.4) is 0 Å². The zero-order chi connectivity index (χ0) is 24.8. The van der Waals surface area contributed by atoms with Gasteiger partial charge in [0, 0.05) is 11.1 Å². The summed E-state index contributed by atoms with van der Waals surface area (Å²) in [5.74, 6) is -2.34. The average molecular weight is 497 g/mol. The maximum absolute atomic E-state index is 11.5. The van der Waals surface area contributed by atoms with Crippen LogP contribution in [0.1, 0.15) is 11.1 Å². The average Bonchev–Trinajstić information content (AvgIpc) is 2.76. The van der Waals surface area contributed by atoms with Crippen LogP contribution in [0.25, 0.3) is 12.2 Å². The molecule has 10 nitrogen and oxygen atoms in total. The molecule has 34 heavy (non-hydrogen) atoms. The number of phenolic OH excluding ortho intramolecular Hbond substituents is 2. The minimum Gasteiger partial charge on any atom is -0.507 e. The highest BCUT2D eigenvalue weighted by molar-refractivity contribution is 7.80. The Morgan fingerprint density at radius 3 is 1.15 bits per heavy atom. The third-order valence-corrected chi connectivity index (χ3v) is 4.77. The van der Waals surface area contributed by atoms with Gasteiger partial charge in [-0.25, -0.2) is 0 Å². The zero-order valence-electron chi connectivity index (χ0n) is 17.1. The molecule has 6 N–H and O–H groups in total. The van der Waals surface area contributed by atoms with Crippen molar-refractivity contribution in [3.63, 3.8) is 0 Å². The summed E-state index contributed by atoms with van der Waals surface area (Å²) in [7, 11) is 0. The molecule has 0 atom stereocenters. The Morgan fingerprint density at radius 2 is 0.853 bits per heavy atom. The van der Waals surface area contributed by atoms with Crippen LogP contribution >= 0.6 is 24.4 Å². The molecule has 0 unspecified atom stereocenters. The maximum Gasteiger partial charge on any atom is 0.263 e. The van der Waals surface area contributed by atoms with E-state index >= 15 is 0 Å². The van der Waals surface area contributed by atoms with Crippen molar-refractivity contribution in [2.75, 3.05) is 0 Å². The summed E-state index contributed by atoms with van der Waals surface area (Å²) in [5.41, 5.74) is 0.585. The lowest BCUT2D eigenvalue weighted by atomic mass is 10.1. The Morgan fingerprint density at radius 1 is 0.559 bits per heavy atom. The number of phenols is 2. The first kappa shape index (κ1) is 24.2. The van der Waals surface area contributed by atoms with E-state index in [4.69, 9.17) is 0 Å². The molecule has 172 valence electrons. The Bertz CT molecular complexity index is 1160. The van der Waals surface area contributed by atoms with Crippen LogP contribution in [-0.2, 0) is 19.2 Å². The minimum atomic E-state index is -0.581. The van der Waals surface area contributed by atoms with Gasteiger partial charge in [0.1, 0.15) is 22.6 Å². The molecule has 0 saturated carbocycles. The lowest BCUT2D eigenvalue weighted by molar-refractivity contribution is -0.124. The SMILES string of the molecule is O=C1NC(=S)NC(=O)C1=Cc1ccccc1O.O=C1NC(=S)NC(=O)C1=Cc1ccccc1O. The third kappa shape index (κ3) is 5.88. The molecule has 0 radical (unpaired) electrons. The number of hydrogen-bond donors (Lipinski definition) is 6. The van der Waals surface area contributed by atoms with Crippen LogP contribution in [0.2, 0.25) is 0 Å². The summed E-state index contributed by atoms with van der Waals surface area (Å²) in [6, 6.07) is 12.8. The largest absolute Gasteiger partial charge is 0.507 e. The molecule has 2 aromatic carbocycles. The van der Waals surface area contributed by atoms with E-state index in [0.29, 0.717) is 11.1 Å². The van der Waals surface area contributed by atoms with Crippen LogP contribution in [-0.4, -0.2) is 44.1 Å². The van der Waals surface area contributed by atoms with E-state index in [-0.39, 0.29) is 32.9 Å². The van der Waals surface area contributed by atoms with E-state index in [2.05, 4.69) is 45.7 Å². The second-order valence-corrected chi connectivity index (χ2v) is 7.52. The predicted molar refractivity (Wildman–Crippen MR) is 130 cm³/mol. The van der Waals surface area contributed by atoms with Crippen molar-refractivity contribution in [3.05, 3.63) is 70.8 Å².